The first-order valence-electron chi connectivity index (χ1n) is 8.42. The number of rotatable bonds is 6. The molecule has 1 aliphatic carbocycles. The van der Waals surface area contributed by atoms with Crippen molar-refractivity contribution >= 4 is 0 Å². The fourth-order valence-electron chi connectivity index (χ4n) is 3.35. The maximum absolute atomic E-state index is 10.2. The van der Waals surface area contributed by atoms with Crippen LogP contribution in [-0.4, -0.2) is 72.5 Å². The Morgan fingerprint density at radius 2 is 1.76 bits per heavy atom. The molecule has 21 heavy (non-hydrogen) atoms. The Bertz CT molecular complexity index is 339. The third-order valence-corrected chi connectivity index (χ3v) is 4.86. The van der Waals surface area contributed by atoms with E-state index < -0.39 is 11.7 Å². The minimum absolute atomic E-state index is 0.359. The second-order valence-corrected chi connectivity index (χ2v) is 6.40. The van der Waals surface area contributed by atoms with Crippen molar-refractivity contribution in [3.63, 3.8) is 0 Å². The number of ether oxygens (including phenoxy) is 1. The van der Waals surface area contributed by atoms with Gasteiger partial charge in [0.1, 0.15) is 5.60 Å². The fourth-order valence-corrected chi connectivity index (χ4v) is 3.35. The van der Waals surface area contributed by atoms with E-state index in [0.29, 0.717) is 13.2 Å². The van der Waals surface area contributed by atoms with E-state index in [1.54, 1.807) is 0 Å². The van der Waals surface area contributed by atoms with Crippen LogP contribution in [-0.2, 0) is 4.74 Å². The quantitative estimate of drug-likeness (QED) is 0.750. The second kappa shape index (κ2) is 8.14. The predicted octanol–water partition coefficient (Wildman–Crippen LogP) is 1.34. The zero-order valence-corrected chi connectivity index (χ0v) is 13.4. The van der Waals surface area contributed by atoms with Crippen molar-refractivity contribution < 1.29 is 9.84 Å². The normalized spacial score (nSPS) is 25.4. The highest BCUT2D eigenvalue weighted by Gasteiger charge is 2.31. The predicted molar refractivity (Wildman–Crippen MR) is 85.2 cm³/mol. The molecule has 0 spiro atoms. The zero-order valence-electron chi connectivity index (χ0n) is 13.4. The third kappa shape index (κ3) is 4.96. The van der Waals surface area contributed by atoms with Gasteiger partial charge in [-0.1, -0.05) is 19.3 Å². The molecule has 0 aromatic carbocycles. The van der Waals surface area contributed by atoms with Crippen LogP contribution in [0.5, 0.6) is 0 Å². The molecule has 2 fully saturated rings. The smallest absolute Gasteiger partial charge is 0.128 e. The van der Waals surface area contributed by atoms with Crippen LogP contribution in [0.3, 0.4) is 0 Å². The number of likely N-dealkylation sites (N-methyl/N-ethyl adjacent to an activating group) is 1. The molecule has 0 radical (unpaired) electrons. The lowest BCUT2D eigenvalue weighted by Gasteiger charge is -2.36. The Kier molecular flexibility index (Phi) is 6.50. The Balaban J connectivity index is 1.70. The van der Waals surface area contributed by atoms with Crippen molar-refractivity contribution in [2.45, 2.75) is 50.7 Å². The summed E-state index contributed by atoms with van der Waals surface area (Å²) in [5, 5.41) is 10.2. The average molecular weight is 294 g/mol. The molecule has 1 saturated carbocycles. The van der Waals surface area contributed by atoms with Crippen LogP contribution < -0.4 is 0 Å². The van der Waals surface area contributed by atoms with Gasteiger partial charge in [0.15, 0.2) is 0 Å². The summed E-state index contributed by atoms with van der Waals surface area (Å²) in [5.74, 6) is 2.84. The Hall–Kier alpha value is -0.600. The number of hydrogen-bond acceptors (Lipinski definition) is 4. The molecule has 1 saturated heterocycles. The topological polar surface area (TPSA) is 35.9 Å². The van der Waals surface area contributed by atoms with Gasteiger partial charge in [-0.25, -0.2) is 0 Å². The summed E-state index contributed by atoms with van der Waals surface area (Å²) in [6, 6.07) is 0. The molecule has 120 valence electrons. The molecular weight excluding hydrogens is 264 g/mol. The molecular formula is C17H30N2O2. The summed E-state index contributed by atoms with van der Waals surface area (Å²) in [6.07, 6.45) is 10.6. The van der Waals surface area contributed by atoms with E-state index >= 15 is 0 Å². The van der Waals surface area contributed by atoms with E-state index in [1.165, 1.54) is 6.42 Å². The Morgan fingerprint density at radius 1 is 1.14 bits per heavy atom. The van der Waals surface area contributed by atoms with E-state index in [1.807, 2.05) is 0 Å². The number of nitrogens with zero attached hydrogens (tertiary/aromatic N) is 2. The lowest BCUT2D eigenvalue weighted by Crippen LogP contribution is -2.49. The third-order valence-electron chi connectivity index (χ3n) is 4.86. The van der Waals surface area contributed by atoms with Crippen molar-refractivity contribution in [2.24, 2.45) is 0 Å². The van der Waals surface area contributed by atoms with E-state index in [2.05, 4.69) is 22.6 Å². The van der Waals surface area contributed by atoms with Gasteiger partial charge in [-0.15, -0.1) is 6.42 Å². The van der Waals surface area contributed by atoms with Gasteiger partial charge in [-0.05, 0) is 32.2 Å². The van der Waals surface area contributed by atoms with Crippen molar-refractivity contribution in [1.29, 1.82) is 0 Å². The van der Waals surface area contributed by atoms with Crippen LogP contribution in [0, 0.1) is 12.3 Å². The maximum atomic E-state index is 10.2. The molecule has 4 heteroatoms. The second-order valence-electron chi connectivity index (χ2n) is 6.40. The number of piperazine rings is 1. The van der Waals surface area contributed by atoms with Gasteiger partial charge in [-0.3, -0.25) is 4.90 Å². The van der Waals surface area contributed by atoms with E-state index in [-0.39, 0.29) is 0 Å². The molecule has 4 nitrogen and oxygen atoms in total. The van der Waals surface area contributed by atoms with Crippen LogP contribution in [0.4, 0.5) is 0 Å². The van der Waals surface area contributed by atoms with Crippen molar-refractivity contribution in [3.8, 4) is 12.3 Å². The number of aliphatic hydroxyl groups is 1. The number of aliphatic hydroxyl groups excluding tert-OH is 1. The van der Waals surface area contributed by atoms with Crippen LogP contribution in [0.2, 0.25) is 0 Å². The summed E-state index contributed by atoms with van der Waals surface area (Å²) in [4.78, 5) is 4.76. The fraction of sp³-hybridized carbons (Fsp3) is 0.882. The van der Waals surface area contributed by atoms with Gasteiger partial charge < -0.3 is 14.7 Å². The van der Waals surface area contributed by atoms with Gasteiger partial charge >= 0.3 is 0 Å². The van der Waals surface area contributed by atoms with Crippen molar-refractivity contribution in [3.05, 3.63) is 0 Å². The largest absolute Gasteiger partial charge is 0.389 e. The molecule has 0 bridgehead atoms. The van der Waals surface area contributed by atoms with Crippen LogP contribution in [0.1, 0.15) is 39.0 Å². The summed E-state index contributed by atoms with van der Waals surface area (Å²) >= 11 is 0. The lowest BCUT2D eigenvalue weighted by molar-refractivity contribution is -0.0714. The molecule has 1 aliphatic heterocycles. The van der Waals surface area contributed by atoms with E-state index in [9.17, 15) is 5.11 Å². The summed E-state index contributed by atoms with van der Waals surface area (Å²) in [7, 11) is 0. The van der Waals surface area contributed by atoms with Crippen molar-refractivity contribution in [2.75, 3.05) is 45.9 Å². The zero-order chi connectivity index (χ0) is 15.1. The highest BCUT2D eigenvalue weighted by atomic mass is 16.5. The standard InChI is InChI=1S/C17H30N2O2/c1-3-17(8-6-5-7-9-17)21-15-16(20)14-19-12-10-18(4-2)11-13-19/h1,16,20H,4-15H2,2H3/t16-/m1/s1. The first kappa shape index (κ1) is 16.8. The van der Waals surface area contributed by atoms with Crippen LogP contribution >= 0.6 is 0 Å². The molecule has 0 amide bonds. The van der Waals surface area contributed by atoms with Crippen LogP contribution in [0.25, 0.3) is 0 Å². The number of β-amino-alcohol motifs (C(OH)–C–C–N with tert-alkyl or cyclic N) is 1. The molecule has 1 N–H and O–H groups in total. The monoisotopic (exact) mass is 294 g/mol. The van der Waals surface area contributed by atoms with Gasteiger partial charge in [0, 0.05) is 32.7 Å². The van der Waals surface area contributed by atoms with Gasteiger partial charge in [0.2, 0.25) is 0 Å². The minimum atomic E-state index is -0.440. The lowest BCUT2D eigenvalue weighted by atomic mass is 9.85. The molecule has 1 heterocycles. The van der Waals surface area contributed by atoms with E-state index in [4.69, 9.17) is 11.2 Å². The summed E-state index contributed by atoms with van der Waals surface area (Å²) in [5.41, 5.74) is -0.417. The van der Waals surface area contributed by atoms with Gasteiger partial charge in [-0.2, -0.15) is 0 Å². The first-order chi connectivity index (χ1) is 10.2. The summed E-state index contributed by atoms with van der Waals surface area (Å²) in [6.45, 7) is 8.62. The van der Waals surface area contributed by atoms with Crippen LogP contribution in [0.15, 0.2) is 0 Å². The molecule has 2 aliphatic rings. The number of terminal acetylenes is 1. The molecule has 1 atom stereocenters. The molecule has 0 aromatic rings. The highest BCUT2D eigenvalue weighted by Crippen LogP contribution is 2.31. The highest BCUT2D eigenvalue weighted by molar-refractivity contribution is 5.09. The van der Waals surface area contributed by atoms with Gasteiger partial charge in [0.05, 0.1) is 12.7 Å². The van der Waals surface area contributed by atoms with Crippen molar-refractivity contribution in [1.82, 2.24) is 9.80 Å². The number of hydrogen-bond donors (Lipinski definition) is 1. The minimum Gasteiger partial charge on any atom is -0.389 e. The summed E-state index contributed by atoms with van der Waals surface area (Å²) < 4.78 is 5.94. The Morgan fingerprint density at radius 3 is 2.33 bits per heavy atom. The molecule has 0 aromatic heterocycles. The van der Waals surface area contributed by atoms with Gasteiger partial charge in [0.25, 0.3) is 0 Å². The SMILES string of the molecule is C#CC1(OC[C@H](O)CN2CCN(CC)CC2)CCCCC1. The molecule has 0 unspecified atom stereocenters. The molecule has 2 rings (SSSR count). The van der Waals surface area contributed by atoms with E-state index in [0.717, 1.165) is 58.4 Å². The average Bonchev–Trinajstić information content (AvgIpc) is 2.54. The Labute approximate surface area is 129 Å². The maximum Gasteiger partial charge on any atom is 0.128 e. The first-order valence-corrected chi connectivity index (χ1v) is 8.42.